The Morgan fingerprint density at radius 3 is 0.250 bits per heavy atom. The number of carbonyl (C=O) groups is 1. The van der Waals surface area contributed by atoms with Crippen LogP contribution in [-0.4, -0.2) is 5.78 Å². The molecule has 0 aliphatic heterocycles. The quantitative estimate of drug-likeness (QED) is 0.0558. The van der Waals surface area contributed by atoms with Gasteiger partial charge in [-0.2, -0.15) is 0 Å². The molecule has 0 aliphatic carbocycles. The number of unbranched alkanes of at least 4 members (excludes halogenated alkanes) is 42. The van der Waals surface area contributed by atoms with Crippen LogP contribution >= 0.6 is 0 Å². The van der Waals surface area contributed by atoms with Gasteiger partial charge < -0.3 is 4.79 Å². The monoisotopic (exact) mass is 911 g/mol. The van der Waals surface area contributed by atoms with Crippen LogP contribution in [0.1, 0.15) is 405 Å². The standard InChI is InChI=1S/6C10H22.C3H6O/c6*1-3-5-7-9-10-8-6-4-2;1-3(2)4/h6*3-10H2,1-2H3;1-2H3. The SMILES string of the molecule is CC(C)=O.CCCCCCCCCC.CCCCCCCCCC.CCCCCCCCCC.CCCCCCCCCC.CCCCCCCCCC.CCCCCCCCCC. The molecule has 0 N–H and O–H groups in total. The normalized spacial score (nSPS) is 9.97. The van der Waals surface area contributed by atoms with Gasteiger partial charge in [0.05, 0.1) is 0 Å². The molecule has 1 nitrogen and oxygen atoms in total. The minimum absolute atomic E-state index is 0.167. The fraction of sp³-hybridized carbons (Fsp3) is 0.984. The minimum atomic E-state index is 0.167. The highest BCUT2D eigenvalue weighted by atomic mass is 16.1. The van der Waals surface area contributed by atoms with E-state index < -0.39 is 0 Å². The molecule has 1 heteroatoms. The largest absolute Gasteiger partial charge is 0.300 e. The first-order valence-electron chi connectivity index (χ1n) is 30.7. The first-order chi connectivity index (χ1) is 31.2. The van der Waals surface area contributed by atoms with E-state index in [1.807, 2.05) is 0 Å². The highest BCUT2D eigenvalue weighted by molar-refractivity contribution is 5.72. The summed E-state index contributed by atoms with van der Waals surface area (Å²) in [7, 11) is 0. The van der Waals surface area contributed by atoms with Crippen molar-refractivity contribution in [3.05, 3.63) is 0 Å². The smallest absolute Gasteiger partial charge is 0.126 e. The van der Waals surface area contributed by atoms with E-state index in [1.54, 1.807) is 0 Å². The molecule has 0 spiro atoms. The number of hydrogen-bond donors (Lipinski definition) is 0. The second-order valence-electron chi connectivity index (χ2n) is 19.6. The van der Waals surface area contributed by atoms with E-state index >= 15 is 0 Å². The predicted octanol–water partition coefficient (Wildman–Crippen LogP) is 25.5. The van der Waals surface area contributed by atoms with Crippen LogP contribution in [0.2, 0.25) is 0 Å². The molecule has 0 aromatic heterocycles. The molecule has 0 rings (SSSR count). The van der Waals surface area contributed by atoms with Crippen molar-refractivity contribution in [2.45, 2.75) is 405 Å². The van der Waals surface area contributed by atoms with Crippen LogP contribution in [0.15, 0.2) is 0 Å². The van der Waals surface area contributed by atoms with Gasteiger partial charge in [-0.05, 0) is 13.8 Å². The highest BCUT2D eigenvalue weighted by Gasteiger charge is 1.92. The molecule has 0 radical (unpaired) electrons. The van der Waals surface area contributed by atoms with Gasteiger partial charge in [0.15, 0.2) is 0 Å². The first-order valence-corrected chi connectivity index (χ1v) is 30.7. The van der Waals surface area contributed by atoms with E-state index in [9.17, 15) is 4.79 Å². The minimum Gasteiger partial charge on any atom is -0.300 e. The molecule has 0 bridgehead atoms. The summed E-state index contributed by atoms with van der Waals surface area (Å²) in [5.41, 5.74) is 0. The first kappa shape index (κ1) is 77.9. The van der Waals surface area contributed by atoms with Crippen molar-refractivity contribution in [3.8, 4) is 0 Å². The summed E-state index contributed by atoms with van der Waals surface area (Å²) in [6, 6.07) is 0. The fourth-order valence-electron chi connectivity index (χ4n) is 7.24. The fourth-order valence-corrected chi connectivity index (χ4v) is 7.24. The van der Waals surface area contributed by atoms with Gasteiger partial charge in [0.25, 0.3) is 0 Å². The highest BCUT2D eigenvalue weighted by Crippen LogP contribution is 2.11. The third kappa shape index (κ3) is 131. The number of Topliss-reactive ketones (excluding diaryl/α,β-unsaturated/α-hetero) is 1. The molecule has 0 aliphatic rings. The Morgan fingerprint density at radius 2 is 0.203 bits per heavy atom. The van der Waals surface area contributed by atoms with Crippen LogP contribution in [0.25, 0.3) is 0 Å². The van der Waals surface area contributed by atoms with Crippen molar-refractivity contribution in [2.24, 2.45) is 0 Å². The maximum absolute atomic E-state index is 9.44. The molecule has 396 valence electrons. The van der Waals surface area contributed by atoms with Gasteiger partial charge in [0.1, 0.15) is 5.78 Å². The Morgan fingerprint density at radius 1 is 0.156 bits per heavy atom. The van der Waals surface area contributed by atoms with Crippen LogP contribution in [-0.2, 0) is 4.79 Å². The Kier molecular flexibility index (Phi) is 113. The molecule has 0 amide bonds. The summed E-state index contributed by atoms with van der Waals surface area (Å²) in [6.45, 7) is 30.3. The zero-order chi connectivity index (χ0) is 49.5. The Labute approximate surface area is 414 Å². The van der Waals surface area contributed by atoms with Crippen LogP contribution < -0.4 is 0 Å². The maximum Gasteiger partial charge on any atom is 0.126 e. The lowest BCUT2D eigenvalue weighted by Crippen LogP contribution is -1.77. The molecule has 0 atom stereocenters. The lowest BCUT2D eigenvalue weighted by molar-refractivity contribution is -0.115. The van der Waals surface area contributed by atoms with Crippen LogP contribution in [0, 0.1) is 0 Å². The van der Waals surface area contributed by atoms with Crippen molar-refractivity contribution < 1.29 is 4.79 Å². The Hall–Kier alpha value is -0.330. The lowest BCUT2D eigenvalue weighted by atomic mass is 10.1. The third-order valence-corrected chi connectivity index (χ3v) is 11.7. The summed E-state index contributed by atoms with van der Waals surface area (Å²) in [4.78, 5) is 9.44. The van der Waals surface area contributed by atoms with Crippen molar-refractivity contribution in [1.82, 2.24) is 0 Å². The van der Waals surface area contributed by atoms with Gasteiger partial charge in [-0.25, -0.2) is 0 Å². The van der Waals surface area contributed by atoms with E-state index in [0.717, 1.165) is 0 Å². The summed E-state index contributed by atoms with van der Waals surface area (Å²) in [6.07, 6.45) is 68.8. The summed E-state index contributed by atoms with van der Waals surface area (Å²) in [5, 5.41) is 0. The zero-order valence-electron chi connectivity index (χ0n) is 48.8. The van der Waals surface area contributed by atoms with Gasteiger partial charge in [-0.3, -0.25) is 0 Å². The molecule has 0 fully saturated rings. The van der Waals surface area contributed by atoms with Gasteiger partial charge in [-0.1, -0.05) is 391 Å². The summed E-state index contributed by atoms with van der Waals surface area (Å²) >= 11 is 0. The molecule has 0 aromatic rings. The molecule has 64 heavy (non-hydrogen) atoms. The molecule has 0 saturated heterocycles. The molecule has 0 unspecified atom stereocenters. The van der Waals surface area contributed by atoms with Gasteiger partial charge in [-0.15, -0.1) is 0 Å². The number of rotatable bonds is 42. The molecule has 0 heterocycles. The Bertz CT molecular complexity index is 449. The summed E-state index contributed by atoms with van der Waals surface area (Å²) < 4.78 is 0. The predicted molar refractivity (Wildman–Crippen MR) is 306 cm³/mol. The van der Waals surface area contributed by atoms with Crippen molar-refractivity contribution in [1.29, 1.82) is 0 Å². The summed E-state index contributed by atoms with van der Waals surface area (Å²) in [5.74, 6) is 0.167. The average Bonchev–Trinajstić information content (AvgIpc) is 3.29. The molecule has 0 aromatic carbocycles. The number of hydrogen-bond acceptors (Lipinski definition) is 1. The van der Waals surface area contributed by atoms with E-state index in [-0.39, 0.29) is 5.78 Å². The van der Waals surface area contributed by atoms with Gasteiger partial charge in [0.2, 0.25) is 0 Å². The van der Waals surface area contributed by atoms with Crippen molar-refractivity contribution in [2.75, 3.05) is 0 Å². The van der Waals surface area contributed by atoms with E-state index in [2.05, 4.69) is 83.1 Å². The van der Waals surface area contributed by atoms with E-state index in [0.29, 0.717) is 0 Å². The van der Waals surface area contributed by atoms with E-state index in [4.69, 9.17) is 0 Å². The van der Waals surface area contributed by atoms with Crippen LogP contribution in [0.4, 0.5) is 0 Å². The third-order valence-electron chi connectivity index (χ3n) is 11.7. The number of ketones is 1. The van der Waals surface area contributed by atoms with Crippen LogP contribution in [0.3, 0.4) is 0 Å². The second-order valence-corrected chi connectivity index (χ2v) is 19.6. The van der Waals surface area contributed by atoms with Crippen molar-refractivity contribution >= 4 is 5.78 Å². The Balaban J connectivity index is -0.000000120. The second kappa shape index (κ2) is 92.8. The topological polar surface area (TPSA) is 17.1 Å². The van der Waals surface area contributed by atoms with E-state index in [1.165, 1.54) is 322 Å². The van der Waals surface area contributed by atoms with Crippen LogP contribution in [0.5, 0.6) is 0 Å². The van der Waals surface area contributed by atoms with Crippen molar-refractivity contribution in [3.63, 3.8) is 0 Å². The molecular formula is C63H138O. The average molecular weight is 912 g/mol. The van der Waals surface area contributed by atoms with Gasteiger partial charge in [0, 0.05) is 0 Å². The molecular weight excluding hydrogens is 773 g/mol. The maximum atomic E-state index is 9.44. The van der Waals surface area contributed by atoms with Gasteiger partial charge >= 0.3 is 0 Å². The lowest BCUT2D eigenvalue weighted by Gasteiger charge is -1.97. The zero-order valence-corrected chi connectivity index (χ0v) is 48.8. The molecule has 0 saturated carbocycles. The number of carbonyl (C=O) groups excluding carboxylic acids is 1.